The molecule has 1 atom stereocenters. The van der Waals surface area contributed by atoms with Gasteiger partial charge < -0.3 is 15.0 Å². The molecule has 2 amide bonds. The van der Waals surface area contributed by atoms with Crippen molar-refractivity contribution in [3.8, 4) is 0 Å². The smallest absolute Gasteiger partial charge is 0.259 e. The van der Waals surface area contributed by atoms with Crippen LogP contribution in [0.3, 0.4) is 0 Å². The molecule has 3 aliphatic heterocycles. The van der Waals surface area contributed by atoms with Crippen LogP contribution in [0.4, 0.5) is 23.0 Å². The Morgan fingerprint density at radius 1 is 1.02 bits per heavy atom. The van der Waals surface area contributed by atoms with Crippen LogP contribution in [-0.4, -0.2) is 65.6 Å². The number of pyridine rings is 2. The lowest BCUT2D eigenvalue weighted by Crippen LogP contribution is -2.59. The Labute approximate surface area is 271 Å². The summed E-state index contributed by atoms with van der Waals surface area (Å²) in [6.07, 6.45) is 5.51. The minimum atomic E-state index is -0.406. The zero-order valence-electron chi connectivity index (χ0n) is 25.9. The minimum Gasteiger partial charge on any atom is -0.381 e. The van der Waals surface area contributed by atoms with Gasteiger partial charge >= 0.3 is 0 Å². The van der Waals surface area contributed by atoms with Gasteiger partial charge in [-0.1, -0.05) is 0 Å². The fourth-order valence-corrected chi connectivity index (χ4v) is 7.43. The number of carbonyl (C=O) groups is 3. The average Bonchev–Trinajstić information content (AvgIpc) is 3.55. The quantitative estimate of drug-likeness (QED) is 0.255. The Bertz CT molecular complexity index is 1870. The summed E-state index contributed by atoms with van der Waals surface area (Å²) in [5.74, 6) is 0.651. The van der Waals surface area contributed by atoms with Crippen molar-refractivity contribution in [1.82, 2.24) is 9.97 Å². The summed E-state index contributed by atoms with van der Waals surface area (Å²) < 4.78 is 5.56. The highest BCUT2D eigenvalue weighted by atomic mass is 32.1. The Morgan fingerprint density at radius 2 is 1.78 bits per heavy atom. The molecular formula is C35H34N6O4S. The number of hydrogen-bond donors (Lipinski definition) is 1. The van der Waals surface area contributed by atoms with Crippen LogP contribution >= 0.6 is 11.3 Å². The fourth-order valence-electron chi connectivity index (χ4n) is 6.46. The van der Waals surface area contributed by atoms with Crippen molar-refractivity contribution in [2.45, 2.75) is 39.7 Å². The number of aryl methyl sites for hydroxylation is 1. The number of anilines is 3. The molecule has 46 heavy (non-hydrogen) atoms. The van der Waals surface area contributed by atoms with Crippen molar-refractivity contribution in [2.75, 3.05) is 41.4 Å². The van der Waals surface area contributed by atoms with E-state index in [1.54, 1.807) is 53.7 Å². The lowest BCUT2D eigenvalue weighted by Gasteiger charge is -2.53. The predicted octanol–water partition coefficient (Wildman–Crippen LogP) is 6.09. The van der Waals surface area contributed by atoms with Crippen LogP contribution in [0.5, 0.6) is 0 Å². The number of ketones is 1. The second-order valence-corrected chi connectivity index (χ2v) is 13.4. The summed E-state index contributed by atoms with van der Waals surface area (Å²) in [6.45, 7) is 8.69. The predicted molar refractivity (Wildman–Crippen MR) is 179 cm³/mol. The monoisotopic (exact) mass is 634 g/mol. The van der Waals surface area contributed by atoms with Crippen LogP contribution < -0.4 is 15.1 Å². The molecule has 1 N–H and O–H groups in total. The Hall–Kier alpha value is -4.74. The number of rotatable bonds is 6. The first-order chi connectivity index (χ1) is 22.2. The number of aromatic nitrogens is 2. The summed E-state index contributed by atoms with van der Waals surface area (Å²) >= 11 is 1.36. The molecule has 3 aromatic heterocycles. The maximum Gasteiger partial charge on any atom is 0.259 e. The standard InChI is InChI=1S/C35H34N6O4S/c1-21-17-26(32(37-18-21)40-19-35(20-40)12-15-45-16-13-35)33(43)38-25-8-6-24(7-9-25)34(44)41-22(2)30(29-11-10-28(46-29)23(3)42)39-31-27(41)5-4-14-36-31/h4-11,14,17-18,22H,12-13,15-16,19-20H2,1-3H3,(H,38,43). The molecular weight excluding hydrogens is 600 g/mol. The van der Waals surface area contributed by atoms with Crippen LogP contribution in [0.15, 0.2) is 72.0 Å². The highest BCUT2D eigenvalue weighted by Crippen LogP contribution is 2.42. The Balaban J connectivity index is 1.09. The van der Waals surface area contributed by atoms with Gasteiger partial charge in [-0.3, -0.25) is 19.3 Å². The van der Waals surface area contributed by atoms with E-state index in [0.29, 0.717) is 44.7 Å². The van der Waals surface area contributed by atoms with Gasteiger partial charge in [0.15, 0.2) is 11.6 Å². The van der Waals surface area contributed by atoms with Crippen LogP contribution in [0.25, 0.3) is 0 Å². The third-order valence-electron chi connectivity index (χ3n) is 9.00. The zero-order valence-corrected chi connectivity index (χ0v) is 26.8. The second kappa shape index (κ2) is 11.9. The number of benzene rings is 1. The van der Waals surface area contributed by atoms with Gasteiger partial charge in [0.05, 0.1) is 32.8 Å². The van der Waals surface area contributed by atoms with Gasteiger partial charge in [-0.05, 0) is 93.8 Å². The van der Waals surface area contributed by atoms with E-state index in [2.05, 4.69) is 20.2 Å². The van der Waals surface area contributed by atoms with Crippen LogP contribution in [0.2, 0.25) is 0 Å². The van der Waals surface area contributed by atoms with E-state index in [4.69, 9.17) is 9.73 Å². The maximum atomic E-state index is 14.0. The Kier molecular flexibility index (Phi) is 7.74. The molecule has 7 rings (SSSR count). The average molecular weight is 635 g/mol. The molecule has 2 fully saturated rings. The summed E-state index contributed by atoms with van der Waals surface area (Å²) in [5.41, 5.74) is 4.00. The van der Waals surface area contributed by atoms with E-state index in [-0.39, 0.29) is 23.0 Å². The van der Waals surface area contributed by atoms with Gasteiger partial charge in [0.1, 0.15) is 5.82 Å². The first-order valence-corrected chi connectivity index (χ1v) is 16.2. The number of carbonyl (C=O) groups excluding carboxylic acids is 3. The summed E-state index contributed by atoms with van der Waals surface area (Å²) in [5, 5.41) is 3.00. The van der Waals surface area contributed by atoms with Crippen molar-refractivity contribution in [2.24, 2.45) is 10.4 Å². The number of nitrogens with zero attached hydrogens (tertiary/aromatic N) is 5. The lowest BCUT2D eigenvalue weighted by atomic mass is 9.73. The maximum absolute atomic E-state index is 14.0. The molecule has 6 heterocycles. The fraction of sp³-hybridized carbons (Fsp3) is 0.314. The third-order valence-corrected chi connectivity index (χ3v) is 10.2. The highest BCUT2D eigenvalue weighted by Gasteiger charge is 2.45. The van der Waals surface area contributed by atoms with Gasteiger partial charge in [-0.25, -0.2) is 15.0 Å². The SMILES string of the molecule is CC(=O)c1ccc(C2=Nc3ncccc3N(C(=O)c3ccc(NC(=O)c4cc(C)cnc4N4CC5(CCOCC5)C4)cc3)C2C)s1. The van der Waals surface area contributed by atoms with Crippen LogP contribution in [-0.2, 0) is 4.74 Å². The van der Waals surface area contributed by atoms with Crippen LogP contribution in [0.1, 0.15) is 67.5 Å². The van der Waals surface area contributed by atoms with Gasteiger partial charge in [0.2, 0.25) is 0 Å². The molecule has 2 saturated heterocycles. The van der Waals surface area contributed by atoms with E-state index in [9.17, 15) is 14.4 Å². The number of fused-ring (bicyclic) bond motifs is 1. The third kappa shape index (κ3) is 5.50. The number of nitrogens with one attached hydrogen (secondary N) is 1. The van der Waals surface area contributed by atoms with Gasteiger partial charge in [0.25, 0.3) is 11.8 Å². The first kappa shape index (κ1) is 29.9. The van der Waals surface area contributed by atoms with Gasteiger partial charge in [0, 0.05) is 55.4 Å². The molecule has 0 aliphatic carbocycles. The molecule has 1 unspecified atom stereocenters. The second-order valence-electron chi connectivity index (χ2n) is 12.3. The van der Waals surface area contributed by atoms with E-state index >= 15 is 0 Å². The molecule has 0 radical (unpaired) electrons. The molecule has 1 aromatic carbocycles. The largest absolute Gasteiger partial charge is 0.381 e. The van der Waals surface area contributed by atoms with Crippen LogP contribution in [0, 0.1) is 12.3 Å². The normalized spacial score (nSPS) is 18.4. The number of Topliss-reactive ketones (excluding diaryl/α,β-unsaturated/α-hetero) is 1. The number of aliphatic imine (C=N–C) groups is 1. The molecule has 234 valence electrons. The van der Waals surface area contributed by atoms with Crippen molar-refractivity contribution in [3.63, 3.8) is 0 Å². The summed E-state index contributed by atoms with van der Waals surface area (Å²) in [7, 11) is 0. The summed E-state index contributed by atoms with van der Waals surface area (Å²) in [4.78, 5) is 58.7. The molecule has 4 aromatic rings. The number of amides is 2. The minimum absolute atomic E-state index is 0.0160. The molecule has 1 spiro atoms. The van der Waals surface area contributed by atoms with Gasteiger partial charge in [-0.15, -0.1) is 11.3 Å². The highest BCUT2D eigenvalue weighted by molar-refractivity contribution is 7.16. The molecule has 0 bridgehead atoms. The molecule has 11 heteroatoms. The van der Waals surface area contributed by atoms with E-state index < -0.39 is 6.04 Å². The van der Waals surface area contributed by atoms with Gasteiger partial charge in [-0.2, -0.15) is 0 Å². The van der Waals surface area contributed by atoms with E-state index in [1.807, 2.05) is 32.0 Å². The number of thiophene rings is 1. The molecule has 3 aliphatic rings. The van der Waals surface area contributed by atoms with E-state index in [0.717, 1.165) is 49.6 Å². The lowest BCUT2D eigenvalue weighted by molar-refractivity contribution is -0.000511. The molecule has 0 saturated carbocycles. The van der Waals surface area contributed by atoms with Crippen molar-refractivity contribution < 1.29 is 19.1 Å². The first-order valence-electron chi connectivity index (χ1n) is 15.4. The summed E-state index contributed by atoms with van der Waals surface area (Å²) in [6, 6.07) is 15.6. The van der Waals surface area contributed by atoms with E-state index in [1.165, 1.54) is 18.3 Å². The molecule has 10 nitrogen and oxygen atoms in total. The number of ether oxygens (including phenoxy) is 1. The number of hydrogen-bond acceptors (Lipinski definition) is 9. The van der Waals surface area contributed by atoms with Crippen molar-refractivity contribution in [1.29, 1.82) is 0 Å². The van der Waals surface area contributed by atoms with Crippen molar-refractivity contribution in [3.05, 3.63) is 93.4 Å². The Morgan fingerprint density at radius 3 is 2.50 bits per heavy atom. The zero-order chi connectivity index (χ0) is 32.0. The topological polar surface area (TPSA) is 117 Å². The van der Waals surface area contributed by atoms with Crippen molar-refractivity contribution >= 4 is 57.7 Å².